The Labute approximate surface area is 80.7 Å². The molecule has 1 rings (SSSR count). The van der Waals surface area contributed by atoms with Crippen molar-refractivity contribution < 1.29 is 0 Å². The fraction of sp³-hybridized carbons (Fsp3) is 0.900. The predicted octanol–water partition coefficient (Wildman–Crippen LogP) is 0.974. The van der Waals surface area contributed by atoms with Crippen LogP contribution in [0.4, 0.5) is 0 Å². The van der Waals surface area contributed by atoms with Crippen molar-refractivity contribution in [3.63, 3.8) is 0 Å². The van der Waals surface area contributed by atoms with Gasteiger partial charge in [-0.15, -0.1) is 0 Å². The second-order valence-corrected chi connectivity index (χ2v) is 3.74. The van der Waals surface area contributed by atoms with Gasteiger partial charge in [-0.2, -0.15) is 5.26 Å². The van der Waals surface area contributed by atoms with Crippen molar-refractivity contribution in [2.24, 2.45) is 0 Å². The summed E-state index contributed by atoms with van der Waals surface area (Å²) in [4.78, 5) is 2.42. The molecule has 1 atom stereocenters. The van der Waals surface area contributed by atoms with Crippen molar-refractivity contribution in [2.45, 2.75) is 31.7 Å². The number of nitriles is 1. The summed E-state index contributed by atoms with van der Waals surface area (Å²) in [5, 5.41) is 11.8. The fourth-order valence-corrected chi connectivity index (χ4v) is 1.77. The zero-order valence-corrected chi connectivity index (χ0v) is 8.42. The molecule has 0 bridgehead atoms. The number of nitrogens with zero attached hydrogens (tertiary/aromatic N) is 2. The quantitative estimate of drug-likeness (QED) is 0.657. The summed E-state index contributed by atoms with van der Waals surface area (Å²) in [5.74, 6) is 0. The zero-order chi connectivity index (χ0) is 9.52. The van der Waals surface area contributed by atoms with Gasteiger partial charge in [-0.3, -0.25) is 0 Å². The first-order valence-electron chi connectivity index (χ1n) is 5.12. The molecular weight excluding hydrogens is 162 g/mol. The maximum absolute atomic E-state index is 8.38. The number of hydrogen-bond acceptors (Lipinski definition) is 3. The van der Waals surface area contributed by atoms with Crippen molar-refractivity contribution >= 4 is 0 Å². The molecule has 1 heterocycles. The normalized spacial score (nSPS) is 24.2. The van der Waals surface area contributed by atoms with Gasteiger partial charge < -0.3 is 10.2 Å². The molecule has 1 aliphatic heterocycles. The van der Waals surface area contributed by atoms with Crippen LogP contribution >= 0.6 is 0 Å². The summed E-state index contributed by atoms with van der Waals surface area (Å²) in [5.41, 5.74) is 0. The molecule has 1 N–H and O–H groups in total. The molecule has 0 aromatic carbocycles. The van der Waals surface area contributed by atoms with Crippen molar-refractivity contribution in [1.29, 1.82) is 5.26 Å². The highest BCUT2D eigenvalue weighted by atomic mass is 15.2. The molecule has 13 heavy (non-hydrogen) atoms. The van der Waals surface area contributed by atoms with Gasteiger partial charge in [0.25, 0.3) is 0 Å². The molecule has 3 heteroatoms. The molecule has 0 aliphatic carbocycles. The van der Waals surface area contributed by atoms with Gasteiger partial charge in [0.15, 0.2) is 0 Å². The Morgan fingerprint density at radius 3 is 3.08 bits per heavy atom. The minimum absolute atomic E-state index is 0.687. The average Bonchev–Trinajstić information content (AvgIpc) is 2.15. The van der Waals surface area contributed by atoms with E-state index >= 15 is 0 Å². The molecule has 0 spiro atoms. The Hall–Kier alpha value is -0.590. The lowest BCUT2D eigenvalue weighted by molar-refractivity contribution is 0.187. The average molecular weight is 181 g/mol. The van der Waals surface area contributed by atoms with Gasteiger partial charge in [0.05, 0.1) is 6.07 Å². The molecule has 0 amide bonds. The van der Waals surface area contributed by atoms with Crippen LogP contribution in [0.15, 0.2) is 0 Å². The Morgan fingerprint density at radius 2 is 2.38 bits per heavy atom. The molecule has 1 unspecified atom stereocenters. The third-order valence-corrected chi connectivity index (χ3v) is 2.72. The molecule has 3 nitrogen and oxygen atoms in total. The highest BCUT2D eigenvalue weighted by Gasteiger charge is 2.17. The second kappa shape index (κ2) is 5.95. The topological polar surface area (TPSA) is 39.1 Å². The summed E-state index contributed by atoms with van der Waals surface area (Å²) in [6.07, 6.45) is 4.18. The van der Waals surface area contributed by atoms with E-state index in [-0.39, 0.29) is 0 Å². The predicted molar refractivity (Wildman–Crippen MR) is 53.4 cm³/mol. The standard InChI is InChI=1S/C10H19N3/c1-13-8-7-12-9-10(13)5-3-2-4-6-11/h10,12H,2-5,7-9H2,1H3. The van der Waals surface area contributed by atoms with Crippen LogP contribution in [0.1, 0.15) is 25.7 Å². The first-order chi connectivity index (χ1) is 6.34. The number of likely N-dealkylation sites (N-methyl/N-ethyl adjacent to an activating group) is 1. The molecule has 1 saturated heterocycles. The zero-order valence-electron chi connectivity index (χ0n) is 8.42. The van der Waals surface area contributed by atoms with Gasteiger partial charge in [0, 0.05) is 32.1 Å². The molecule has 1 aliphatic rings. The monoisotopic (exact) mass is 181 g/mol. The lowest BCUT2D eigenvalue weighted by Gasteiger charge is -2.33. The first-order valence-corrected chi connectivity index (χ1v) is 5.12. The Morgan fingerprint density at radius 1 is 1.54 bits per heavy atom. The molecular formula is C10H19N3. The van der Waals surface area contributed by atoms with Gasteiger partial charge in [-0.25, -0.2) is 0 Å². The van der Waals surface area contributed by atoms with Gasteiger partial charge in [0.2, 0.25) is 0 Å². The van der Waals surface area contributed by atoms with Crippen LogP contribution < -0.4 is 5.32 Å². The molecule has 0 aromatic rings. The highest BCUT2D eigenvalue weighted by molar-refractivity contribution is 4.77. The van der Waals surface area contributed by atoms with Gasteiger partial charge in [0.1, 0.15) is 0 Å². The van der Waals surface area contributed by atoms with Gasteiger partial charge in [-0.1, -0.05) is 6.42 Å². The van der Waals surface area contributed by atoms with Crippen LogP contribution in [-0.2, 0) is 0 Å². The Balaban J connectivity index is 2.09. The van der Waals surface area contributed by atoms with Gasteiger partial charge in [-0.05, 0) is 19.9 Å². The number of rotatable bonds is 4. The number of nitrogens with one attached hydrogen (secondary N) is 1. The third kappa shape index (κ3) is 3.75. The van der Waals surface area contributed by atoms with E-state index in [0.29, 0.717) is 12.5 Å². The Bertz CT molecular complexity index is 173. The fourth-order valence-electron chi connectivity index (χ4n) is 1.77. The van der Waals surface area contributed by atoms with E-state index in [0.717, 1.165) is 26.1 Å². The van der Waals surface area contributed by atoms with Crippen molar-refractivity contribution in [3.05, 3.63) is 0 Å². The summed E-state index contributed by atoms with van der Waals surface area (Å²) >= 11 is 0. The van der Waals surface area contributed by atoms with E-state index in [1.54, 1.807) is 0 Å². The largest absolute Gasteiger partial charge is 0.314 e. The van der Waals surface area contributed by atoms with E-state index in [1.165, 1.54) is 12.8 Å². The maximum Gasteiger partial charge on any atom is 0.0621 e. The number of unbranched alkanes of at least 4 members (excludes halogenated alkanes) is 2. The summed E-state index contributed by atoms with van der Waals surface area (Å²) in [6, 6.07) is 2.87. The SMILES string of the molecule is CN1CCNCC1CCCCC#N. The Kier molecular flexibility index (Phi) is 4.81. The van der Waals surface area contributed by atoms with Crippen molar-refractivity contribution in [2.75, 3.05) is 26.7 Å². The van der Waals surface area contributed by atoms with Crippen LogP contribution in [0, 0.1) is 11.3 Å². The first kappa shape index (κ1) is 10.5. The smallest absolute Gasteiger partial charge is 0.0621 e. The van der Waals surface area contributed by atoms with E-state index in [9.17, 15) is 0 Å². The molecule has 0 radical (unpaired) electrons. The lowest BCUT2D eigenvalue weighted by Crippen LogP contribution is -2.49. The summed E-state index contributed by atoms with van der Waals surface area (Å²) in [7, 11) is 2.19. The minimum atomic E-state index is 0.687. The van der Waals surface area contributed by atoms with Crippen molar-refractivity contribution in [3.8, 4) is 6.07 Å². The third-order valence-electron chi connectivity index (χ3n) is 2.72. The number of hydrogen-bond donors (Lipinski definition) is 1. The molecule has 1 fully saturated rings. The van der Waals surface area contributed by atoms with E-state index in [4.69, 9.17) is 5.26 Å². The van der Waals surface area contributed by atoms with E-state index in [2.05, 4.69) is 23.3 Å². The van der Waals surface area contributed by atoms with Crippen LogP contribution in [-0.4, -0.2) is 37.6 Å². The van der Waals surface area contributed by atoms with Crippen LogP contribution in [0.3, 0.4) is 0 Å². The lowest BCUT2D eigenvalue weighted by atomic mass is 10.1. The van der Waals surface area contributed by atoms with Crippen molar-refractivity contribution in [1.82, 2.24) is 10.2 Å². The maximum atomic E-state index is 8.38. The number of piperazine rings is 1. The van der Waals surface area contributed by atoms with Gasteiger partial charge >= 0.3 is 0 Å². The molecule has 0 aromatic heterocycles. The molecule has 74 valence electrons. The van der Waals surface area contributed by atoms with Crippen LogP contribution in [0.2, 0.25) is 0 Å². The second-order valence-electron chi connectivity index (χ2n) is 3.74. The molecule has 0 saturated carbocycles. The minimum Gasteiger partial charge on any atom is -0.314 e. The summed E-state index contributed by atoms with van der Waals surface area (Å²) in [6.45, 7) is 3.39. The van der Waals surface area contributed by atoms with E-state index < -0.39 is 0 Å². The highest BCUT2D eigenvalue weighted by Crippen LogP contribution is 2.09. The van der Waals surface area contributed by atoms with E-state index in [1.807, 2.05) is 0 Å². The van der Waals surface area contributed by atoms with Crippen LogP contribution in [0.25, 0.3) is 0 Å². The summed E-state index contributed by atoms with van der Waals surface area (Å²) < 4.78 is 0. The van der Waals surface area contributed by atoms with Crippen LogP contribution in [0.5, 0.6) is 0 Å².